The van der Waals surface area contributed by atoms with Crippen molar-refractivity contribution in [1.82, 2.24) is 30.4 Å². The van der Waals surface area contributed by atoms with Gasteiger partial charge in [0.1, 0.15) is 0 Å². The maximum Gasteiger partial charge on any atom is 0.236 e. The SMILES string of the molecule is Cc1cc(Nc2nc(N[C@@H]3C[C@H](C)CC[C@H](NCC(=O)N(C)C)C3)nc3ccsc23)n[nH]1. The highest BCUT2D eigenvalue weighted by molar-refractivity contribution is 7.17. The van der Waals surface area contributed by atoms with Crippen LogP contribution in [-0.2, 0) is 4.79 Å². The average Bonchev–Trinajstić information content (AvgIpc) is 3.33. The summed E-state index contributed by atoms with van der Waals surface area (Å²) >= 11 is 1.61. The van der Waals surface area contributed by atoms with Gasteiger partial charge in [-0.25, -0.2) is 4.98 Å². The molecule has 4 N–H and O–H groups in total. The Labute approximate surface area is 192 Å². The van der Waals surface area contributed by atoms with Crippen LogP contribution in [-0.4, -0.2) is 63.7 Å². The van der Waals surface area contributed by atoms with E-state index in [-0.39, 0.29) is 18.0 Å². The third kappa shape index (κ3) is 5.55. The second kappa shape index (κ2) is 9.83. The molecule has 0 bridgehead atoms. The number of aryl methyl sites for hydroxylation is 1. The lowest BCUT2D eigenvalue weighted by Crippen LogP contribution is -2.40. The molecule has 0 radical (unpaired) electrons. The highest BCUT2D eigenvalue weighted by Crippen LogP contribution is 2.31. The van der Waals surface area contributed by atoms with Crippen molar-refractivity contribution in [3.63, 3.8) is 0 Å². The number of likely N-dealkylation sites (N-methyl/N-ethyl adjacent to an activating group) is 1. The van der Waals surface area contributed by atoms with Crippen molar-refractivity contribution >= 4 is 45.0 Å². The van der Waals surface area contributed by atoms with Crippen LogP contribution in [0.15, 0.2) is 17.5 Å². The standard InChI is InChI=1S/C22H32N8OS/c1-13-5-6-15(23-12-19(31)30(3)4)11-16(9-13)24-22-25-17-7-8-32-20(17)21(27-22)26-18-10-14(2)28-29-18/h7-8,10,13,15-16,23H,5-6,9,11-12H2,1-4H3,(H3,24,25,26,27,28,29)/t13-,15+,16-/m1/s1. The van der Waals surface area contributed by atoms with Crippen molar-refractivity contribution in [3.05, 3.63) is 23.2 Å². The summed E-state index contributed by atoms with van der Waals surface area (Å²) < 4.78 is 1.01. The molecule has 10 heteroatoms. The zero-order valence-electron chi connectivity index (χ0n) is 19.1. The molecule has 32 heavy (non-hydrogen) atoms. The Morgan fingerprint density at radius 3 is 2.84 bits per heavy atom. The Morgan fingerprint density at radius 2 is 2.09 bits per heavy atom. The first kappa shape index (κ1) is 22.5. The first-order valence-corrected chi connectivity index (χ1v) is 12.0. The number of hydrogen-bond acceptors (Lipinski definition) is 8. The number of amides is 1. The van der Waals surface area contributed by atoms with E-state index >= 15 is 0 Å². The molecule has 1 aliphatic carbocycles. The van der Waals surface area contributed by atoms with E-state index in [0.29, 0.717) is 18.4 Å². The number of H-pyrrole nitrogens is 1. The van der Waals surface area contributed by atoms with Gasteiger partial charge in [0.15, 0.2) is 11.6 Å². The van der Waals surface area contributed by atoms with Crippen molar-refractivity contribution in [2.45, 2.75) is 51.6 Å². The number of rotatable bonds is 7. The average molecular weight is 457 g/mol. The molecular weight excluding hydrogens is 424 g/mol. The number of carbonyl (C=O) groups excluding carboxylic acids is 1. The van der Waals surface area contributed by atoms with Crippen LogP contribution in [0, 0.1) is 12.8 Å². The predicted molar refractivity (Wildman–Crippen MR) is 130 cm³/mol. The predicted octanol–water partition coefficient (Wildman–Crippen LogP) is 3.50. The largest absolute Gasteiger partial charge is 0.351 e. The van der Waals surface area contributed by atoms with Crippen molar-refractivity contribution in [3.8, 4) is 0 Å². The van der Waals surface area contributed by atoms with Crippen LogP contribution in [0.5, 0.6) is 0 Å². The molecule has 1 saturated carbocycles. The molecule has 0 unspecified atom stereocenters. The van der Waals surface area contributed by atoms with Gasteiger partial charge >= 0.3 is 0 Å². The Morgan fingerprint density at radius 1 is 1.25 bits per heavy atom. The minimum atomic E-state index is 0.0994. The molecule has 3 aromatic heterocycles. The van der Waals surface area contributed by atoms with E-state index in [4.69, 9.17) is 9.97 Å². The smallest absolute Gasteiger partial charge is 0.236 e. The van der Waals surface area contributed by atoms with E-state index in [2.05, 4.69) is 33.1 Å². The number of fused-ring (bicyclic) bond motifs is 1. The van der Waals surface area contributed by atoms with E-state index in [1.807, 2.05) is 24.4 Å². The van der Waals surface area contributed by atoms with Gasteiger partial charge < -0.3 is 20.9 Å². The third-order valence-corrected chi connectivity index (χ3v) is 6.80. The van der Waals surface area contributed by atoms with Crippen molar-refractivity contribution in [2.24, 2.45) is 5.92 Å². The molecule has 0 spiro atoms. The van der Waals surface area contributed by atoms with Gasteiger partial charge in [0.2, 0.25) is 11.9 Å². The number of hydrogen-bond donors (Lipinski definition) is 4. The summed E-state index contributed by atoms with van der Waals surface area (Å²) in [5.74, 6) is 2.81. The zero-order valence-corrected chi connectivity index (χ0v) is 19.9. The lowest BCUT2D eigenvalue weighted by atomic mass is 10.0. The molecule has 0 aliphatic heterocycles. The van der Waals surface area contributed by atoms with Crippen molar-refractivity contribution < 1.29 is 4.79 Å². The Bertz CT molecular complexity index is 1060. The maximum absolute atomic E-state index is 12.0. The number of aromatic nitrogens is 4. The van der Waals surface area contributed by atoms with Gasteiger partial charge in [-0.1, -0.05) is 6.92 Å². The summed E-state index contributed by atoms with van der Waals surface area (Å²) in [6.07, 6.45) is 4.18. The lowest BCUT2D eigenvalue weighted by Gasteiger charge is -2.23. The van der Waals surface area contributed by atoms with Crippen molar-refractivity contribution in [1.29, 1.82) is 0 Å². The maximum atomic E-state index is 12.0. The number of nitrogens with zero attached hydrogens (tertiary/aromatic N) is 4. The summed E-state index contributed by atoms with van der Waals surface area (Å²) in [5, 5.41) is 19.6. The second-order valence-corrected chi connectivity index (χ2v) is 9.87. The van der Waals surface area contributed by atoms with E-state index in [1.165, 1.54) is 0 Å². The normalized spacial score (nSPS) is 21.3. The molecule has 3 aromatic rings. The summed E-state index contributed by atoms with van der Waals surface area (Å²) in [7, 11) is 3.58. The van der Waals surface area contributed by atoms with Gasteiger partial charge in [0.05, 0.1) is 16.8 Å². The van der Waals surface area contributed by atoms with Gasteiger partial charge in [-0.3, -0.25) is 9.89 Å². The van der Waals surface area contributed by atoms with Crippen molar-refractivity contribution in [2.75, 3.05) is 31.3 Å². The number of nitrogens with one attached hydrogen (secondary N) is 4. The fourth-order valence-corrected chi connectivity index (χ4v) is 4.91. The fourth-order valence-electron chi connectivity index (χ4n) is 4.14. The van der Waals surface area contributed by atoms with E-state index < -0.39 is 0 Å². The highest BCUT2D eigenvalue weighted by Gasteiger charge is 2.25. The Hall–Kier alpha value is -2.72. The quantitative estimate of drug-likeness (QED) is 0.403. The van der Waals surface area contributed by atoms with Crippen LogP contribution >= 0.6 is 11.3 Å². The Kier molecular flexibility index (Phi) is 6.90. The number of aromatic amines is 1. The van der Waals surface area contributed by atoms with Crippen LogP contribution in [0.1, 0.15) is 38.3 Å². The molecule has 1 aliphatic rings. The third-order valence-electron chi connectivity index (χ3n) is 5.89. The highest BCUT2D eigenvalue weighted by atomic mass is 32.1. The van der Waals surface area contributed by atoms with E-state index in [9.17, 15) is 4.79 Å². The molecule has 9 nitrogen and oxygen atoms in total. The number of carbonyl (C=O) groups is 1. The topological polar surface area (TPSA) is 111 Å². The Balaban J connectivity index is 1.50. The van der Waals surface area contributed by atoms with Gasteiger partial charge in [-0.05, 0) is 50.0 Å². The fraction of sp³-hybridized carbons (Fsp3) is 0.545. The first-order chi connectivity index (χ1) is 15.4. The van der Waals surface area contributed by atoms with Gasteiger partial charge in [0.25, 0.3) is 0 Å². The molecule has 4 rings (SSSR count). The van der Waals surface area contributed by atoms with Gasteiger partial charge in [-0.15, -0.1) is 11.3 Å². The molecular formula is C22H32N8OS. The van der Waals surface area contributed by atoms with E-state index in [1.54, 1.807) is 30.3 Å². The summed E-state index contributed by atoms with van der Waals surface area (Å²) in [4.78, 5) is 23.2. The molecule has 0 saturated heterocycles. The van der Waals surface area contributed by atoms with Gasteiger partial charge in [0, 0.05) is 37.9 Å². The summed E-state index contributed by atoms with van der Waals surface area (Å²) in [6.45, 7) is 4.63. The molecule has 3 heterocycles. The number of anilines is 3. The van der Waals surface area contributed by atoms with Crippen LogP contribution in [0.3, 0.4) is 0 Å². The van der Waals surface area contributed by atoms with Crippen LogP contribution in [0.25, 0.3) is 10.2 Å². The van der Waals surface area contributed by atoms with Crippen LogP contribution < -0.4 is 16.0 Å². The molecule has 3 atom stereocenters. The minimum Gasteiger partial charge on any atom is -0.351 e. The zero-order chi connectivity index (χ0) is 22.7. The van der Waals surface area contributed by atoms with Crippen LogP contribution in [0.4, 0.5) is 17.6 Å². The number of thiophene rings is 1. The minimum absolute atomic E-state index is 0.0994. The summed E-state index contributed by atoms with van der Waals surface area (Å²) in [6, 6.07) is 4.49. The lowest BCUT2D eigenvalue weighted by molar-refractivity contribution is -0.127. The first-order valence-electron chi connectivity index (χ1n) is 11.1. The molecule has 172 valence electrons. The van der Waals surface area contributed by atoms with Crippen LogP contribution in [0.2, 0.25) is 0 Å². The monoisotopic (exact) mass is 456 g/mol. The molecule has 1 fully saturated rings. The van der Waals surface area contributed by atoms with Gasteiger partial charge in [-0.2, -0.15) is 10.1 Å². The van der Waals surface area contributed by atoms with E-state index in [0.717, 1.165) is 53.2 Å². The summed E-state index contributed by atoms with van der Waals surface area (Å²) in [5.41, 5.74) is 1.90. The second-order valence-electron chi connectivity index (χ2n) is 8.95. The molecule has 1 amide bonds. The molecule has 0 aromatic carbocycles.